The van der Waals surface area contributed by atoms with Gasteiger partial charge in [-0.15, -0.1) is 0 Å². The standard InChI is InChI=1S/C61H40N6/c1-61(2)50-25-12-9-22-45(50)46-30-29-44(36-51(46)61)66-54-27-14-11-24-49(54)56-55(66)33-31-48-47-23-10-13-26-53(47)67(57(48)56)52-32-28-42(35-43(52)37-62)60-64-58(39-18-7-4-8-19-39)63-59(65-60)41-21-15-20-40(34-41)38-16-5-3-6-17-38/h3-36H,1-2H3. The molecule has 0 aliphatic heterocycles. The Bertz CT molecular complexity index is 4020. The van der Waals surface area contributed by atoms with Crippen LogP contribution in [-0.2, 0) is 5.41 Å². The van der Waals surface area contributed by atoms with E-state index in [1.165, 1.54) is 22.3 Å². The smallest absolute Gasteiger partial charge is 0.164 e. The van der Waals surface area contributed by atoms with Crippen LogP contribution in [0.5, 0.6) is 0 Å². The van der Waals surface area contributed by atoms with E-state index in [1.807, 2.05) is 72.8 Å². The third kappa shape index (κ3) is 5.92. The second kappa shape index (κ2) is 14.8. The lowest BCUT2D eigenvalue weighted by Gasteiger charge is -2.22. The Morgan fingerprint density at radius 1 is 0.418 bits per heavy atom. The van der Waals surface area contributed by atoms with Gasteiger partial charge in [0.2, 0.25) is 0 Å². The molecule has 6 nitrogen and oxygen atoms in total. The fourth-order valence-electron chi connectivity index (χ4n) is 10.6. The van der Waals surface area contributed by atoms with Crippen molar-refractivity contribution in [1.82, 2.24) is 24.1 Å². The van der Waals surface area contributed by atoms with Gasteiger partial charge >= 0.3 is 0 Å². The SMILES string of the molecule is CC1(C)c2ccccc2-c2ccc(-n3c4ccccc4c4c3ccc3c5ccccc5n(-c5ccc(-c6nc(-c7ccccc7)nc(-c7cccc(-c8ccccc8)c7)n6)cc5C#N)c34)cc21. The fourth-order valence-corrected chi connectivity index (χ4v) is 10.6. The first-order valence-electron chi connectivity index (χ1n) is 22.7. The molecule has 0 N–H and O–H groups in total. The molecule has 0 fully saturated rings. The summed E-state index contributed by atoms with van der Waals surface area (Å²) < 4.78 is 4.70. The molecule has 0 unspecified atom stereocenters. The van der Waals surface area contributed by atoms with Crippen molar-refractivity contribution in [3.05, 3.63) is 223 Å². The largest absolute Gasteiger partial charge is 0.309 e. The van der Waals surface area contributed by atoms with Crippen LogP contribution in [-0.4, -0.2) is 24.1 Å². The molecule has 0 saturated heterocycles. The monoisotopic (exact) mass is 856 g/mol. The van der Waals surface area contributed by atoms with Crippen LogP contribution in [0, 0.1) is 11.3 Å². The second-order valence-corrected chi connectivity index (χ2v) is 17.9. The number of nitrogens with zero attached hydrogens (tertiary/aromatic N) is 6. The van der Waals surface area contributed by atoms with Crippen molar-refractivity contribution in [3.8, 4) is 73.9 Å². The van der Waals surface area contributed by atoms with Gasteiger partial charge in [-0.1, -0.05) is 166 Å². The predicted molar refractivity (Wildman–Crippen MR) is 273 cm³/mol. The zero-order valence-corrected chi connectivity index (χ0v) is 36.8. The number of aromatic nitrogens is 5. The van der Waals surface area contributed by atoms with Gasteiger partial charge in [-0.25, -0.2) is 15.0 Å². The van der Waals surface area contributed by atoms with Crippen LogP contribution in [0.3, 0.4) is 0 Å². The van der Waals surface area contributed by atoms with Crippen molar-refractivity contribution >= 4 is 43.6 Å². The molecule has 3 aromatic heterocycles. The van der Waals surface area contributed by atoms with Crippen LogP contribution in [0.1, 0.15) is 30.5 Å². The van der Waals surface area contributed by atoms with Gasteiger partial charge in [-0.05, 0) is 88.0 Å². The highest BCUT2D eigenvalue weighted by Gasteiger charge is 2.35. The Hall–Kier alpha value is -8.92. The maximum Gasteiger partial charge on any atom is 0.164 e. The highest BCUT2D eigenvalue weighted by Crippen LogP contribution is 2.50. The first-order valence-corrected chi connectivity index (χ1v) is 22.7. The third-order valence-corrected chi connectivity index (χ3v) is 13.8. The number of benzene rings is 9. The molecule has 6 heteroatoms. The molecule has 9 aromatic carbocycles. The number of nitriles is 1. The van der Waals surface area contributed by atoms with Crippen molar-refractivity contribution in [1.29, 1.82) is 5.26 Å². The molecular formula is C61H40N6. The minimum atomic E-state index is -0.139. The molecule has 0 radical (unpaired) electrons. The summed E-state index contributed by atoms with van der Waals surface area (Å²) in [5.74, 6) is 1.61. The second-order valence-electron chi connectivity index (χ2n) is 17.9. The van der Waals surface area contributed by atoms with E-state index in [9.17, 15) is 5.26 Å². The number of fused-ring (bicyclic) bond motifs is 10. The van der Waals surface area contributed by atoms with Crippen LogP contribution in [0.25, 0.3) is 111 Å². The van der Waals surface area contributed by atoms with Gasteiger partial charge in [0.25, 0.3) is 0 Å². The van der Waals surface area contributed by atoms with Gasteiger partial charge in [-0.2, -0.15) is 5.26 Å². The van der Waals surface area contributed by atoms with Crippen molar-refractivity contribution < 1.29 is 0 Å². The lowest BCUT2D eigenvalue weighted by atomic mass is 9.82. The lowest BCUT2D eigenvalue weighted by Crippen LogP contribution is -2.15. The first kappa shape index (κ1) is 38.5. The summed E-state index contributed by atoms with van der Waals surface area (Å²) in [6, 6.07) is 74.7. The molecule has 314 valence electrons. The van der Waals surface area contributed by atoms with Gasteiger partial charge in [0.15, 0.2) is 17.5 Å². The van der Waals surface area contributed by atoms with E-state index in [4.69, 9.17) is 15.0 Å². The molecule has 1 aliphatic carbocycles. The number of rotatable bonds is 6. The van der Waals surface area contributed by atoms with Gasteiger partial charge in [-0.3, -0.25) is 0 Å². The molecule has 13 rings (SSSR count). The molecule has 12 aromatic rings. The van der Waals surface area contributed by atoms with Crippen LogP contribution >= 0.6 is 0 Å². The Labute approximate surface area is 387 Å². The summed E-state index contributed by atoms with van der Waals surface area (Å²) in [4.78, 5) is 15.2. The van der Waals surface area contributed by atoms with Gasteiger partial charge in [0.1, 0.15) is 6.07 Å². The highest BCUT2D eigenvalue weighted by atomic mass is 15.0. The Morgan fingerprint density at radius 3 is 1.78 bits per heavy atom. The highest BCUT2D eigenvalue weighted by molar-refractivity contribution is 6.26. The quantitative estimate of drug-likeness (QED) is 0.167. The van der Waals surface area contributed by atoms with Crippen molar-refractivity contribution in [2.45, 2.75) is 19.3 Å². The first-order chi connectivity index (χ1) is 32.9. The lowest BCUT2D eigenvalue weighted by molar-refractivity contribution is 0.660. The summed E-state index contributed by atoms with van der Waals surface area (Å²) in [5.41, 5.74) is 16.5. The zero-order valence-electron chi connectivity index (χ0n) is 36.8. The molecule has 0 spiro atoms. The van der Waals surface area contributed by atoms with E-state index in [2.05, 4.69) is 163 Å². The summed E-state index contributed by atoms with van der Waals surface area (Å²) in [6.45, 7) is 4.67. The van der Waals surface area contributed by atoms with Crippen molar-refractivity contribution in [2.24, 2.45) is 0 Å². The number of para-hydroxylation sites is 2. The normalized spacial score (nSPS) is 12.7. The summed E-state index contributed by atoms with van der Waals surface area (Å²) >= 11 is 0. The predicted octanol–water partition coefficient (Wildman–Crippen LogP) is 14.9. The molecule has 0 bridgehead atoms. The van der Waals surface area contributed by atoms with E-state index < -0.39 is 0 Å². The maximum atomic E-state index is 11.1. The molecule has 67 heavy (non-hydrogen) atoms. The van der Waals surface area contributed by atoms with E-state index in [0.29, 0.717) is 23.0 Å². The van der Waals surface area contributed by atoms with Crippen molar-refractivity contribution in [3.63, 3.8) is 0 Å². The minimum absolute atomic E-state index is 0.139. The third-order valence-electron chi connectivity index (χ3n) is 13.8. The van der Waals surface area contributed by atoms with Crippen LogP contribution in [0.2, 0.25) is 0 Å². The molecular weight excluding hydrogens is 817 g/mol. The van der Waals surface area contributed by atoms with Crippen LogP contribution in [0.15, 0.2) is 206 Å². The van der Waals surface area contributed by atoms with E-state index in [1.54, 1.807) is 0 Å². The Morgan fingerprint density at radius 2 is 1.01 bits per heavy atom. The molecule has 1 aliphatic rings. The van der Waals surface area contributed by atoms with Gasteiger partial charge < -0.3 is 9.13 Å². The number of hydrogen-bond donors (Lipinski definition) is 0. The molecule has 3 heterocycles. The number of hydrogen-bond acceptors (Lipinski definition) is 4. The van der Waals surface area contributed by atoms with Gasteiger partial charge in [0.05, 0.1) is 33.3 Å². The Balaban J connectivity index is 1.01. The van der Waals surface area contributed by atoms with Crippen LogP contribution in [0.4, 0.5) is 0 Å². The average molecular weight is 857 g/mol. The molecule has 0 amide bonds. The maximum absolute atomic E-state index is 11.1. The van der Waals surface area contributed by atoms with Crippen molar-refractivity contribution in [2.75, 3.05) is 0 Å². The zero-order chi connectivity index (χ0) is 44.8. The van der Waals surface area contributed by atoms with E-state index >= 15 is 0 Å². The van der Waals surface area contributed by atoms with Crippen LogP contribution < -0.4 is 0 Å². The summed E-state index contributed by atoms with van der Waals surface area (Å²) in [7, 11) is 0. The van der Waals surface area contributed by atoms with E-state index in [-0.39, 0.29) is 5.41 Å². The van der Waals surface area contributed by atoms with Gasteiger partial charge in [0, 0.05) is 49.3 Å². The Kier molecular flexibility index (Phi) is 8.52. The average Bonchev–Trinajstić information content (AvgIpc) is 3.99. The fraction of sp³-hybridized carbons (Fsp3) is 0.0492. The topological polar surface area (TPSA) is 72.3 Å². The molecule has 0 saturated carbocycles. The summed E-state index contributed by atoms with van der Waals surface area (Å²) in [6.07, 6.45) is 0. The van der Waals surface area contributed by atoms with E-state index in [0.717, 1.165) is 82.8 Å². The summed E-state index contributed by atoms with van der Waals surface area (Å²) in [5, 5.41) is 15.7. The molecule has 0 atom stereocenters. The minimum Gasteiger partial charge on any atom is -0.309 e.